The van der Waals surface area contributed by atoms with Gasteiger partial charge in [-0.2, -0.15) is 5.26 Å². The predicted octanol–water partition coefficient (Wildman–Crippen LogP) is 5.44. The van der Waals surface area contributed by atoms with Crippen LogP contribution in [0.1, 0.15) is 59.8 Å². The van der Waals surface area contributed by atoms with E-state index in [2.05, 4.69) is 38.1 Å². The van der Waals surface area contributed by atoms with Gasteiger partial charge in [0, 0.05) is 29.3 Å². The van der Waals surface area contributed by atoms with Crippen LogP contribution < -0.4 is 4.90 Å². The first-order chi connectivity index (χ1) is 14.5. The van der Waals surface area contributed by atoms with Gasteiger partial charge in [-0.15, -0.1) is 0 Å². The number of nitriles is 1. The number of benzene rings is 2. The van der Waals surface area contributed by atoms with Crippen LogP contribution in [0.2, 0.25) is 0 Å². The van der Waals surface area contributed by atoms with E-state index < -0.39 is 0 Å². The second-order valence-electron chi connectivity index (χ2n) is 8.95. The molecule has 148 valence electrons. The van der Waals surface area contributed by atoms with E-state index in [1.54, 1.807) is 12.1 Å². The number of hydrogen-bond acceptors (Lipinski definition) is 3. The Morgan fingerprint density at radius 3 is 2.40 bits per heavy atom. The monoisotopic (exact) mass is 393 g/mol. The smallest absolute Gasteiger partial charge is 0.258 e. The van der Waals surface area contributed by atoms with Crippen molar-refractivity contribution in [3.63, 3.8) is 0 Å². The highest BCUT2D eigenvalue weighted by atomic mass is 16.2. The molecule has 2 aliphatic rings. The Bertz CT molecular complexity index is 1170. The average molecular weight is 393 g/mol. The number of fused-ring (bicyclic) bond motifs is 1. The zero-order valence-electron chi connectivity index (χ0n) is 17.2. The zero-order chi connectivity index (χ0) is 20.9. The molecule has 1 amide bonds. The summed E-state index contributed by atoms with van der Waals surface area (Å²) in [5.41, 5.74) is 6.21. The molecule has 1 fully saturated rings. The van der Waals surface area contributed by atoms with Crippen molar-refractivity contribution in [2.45, 2.75) is 38.0 Å². The van der Waals surface area contributed by atoms with Gasteiger partial charge in [0.05, 0.1) is 23.0 Å². The largest absolute Gasteiger partial charge is 0.306 e. The molecule has 1 aromatic heterocycles. The van der Waals surface area contributed by atoms with Crippen molar-refractivity contribution in [1.82, 2.24) is 4.98 Å². The summed E-state index contributed by atoms with van der Waals surface area (Å²) < 4.78 is 0. The van der Waals surface area contributed by atoms with Gasteiger partial charge < -0.3 is 4.90 Å². The topological polar surface area (TPSA) is 57.0 Å². The third kappa shape index (κ3) is 3.17. The van der Waals surface area contributed by atoms with Gasteiger partial charge >= 0.3 is 0 Å². The summed E-state index contributed by atoms with van der Waals surface area (Å²) in [6, 6.07) is 19.7. The van der Waals surface area contributed by atoms with Crippen molar-refractivity contribution < 1.29 is 4.79 Å². The van der Waals surface area contributed by atoms with Crippen LogP contribution in [0.3, 0.4) is 0 Å². The maximum Gasteiger partial charge on any atom is 0.258 e. The normalized spacial score (nSPS) is 16.8. The van der Waals surface area contributed by atoms with E-state index in [1.165, 1.54) is 18.4 Å². The Morgan fingerprint density at radius 1 is 1.07 bits per heavy atom. The van der Waals surface area contributed by atoms with E-state index in [1.807, 2.05) is 35.4 Å². The molecule has 2 heterocycles. The van der Waals surface area contributed by atoms with E-state index in [0.717, 1.165) is 22.5 Å². The van der Waals surface area contributed by atoms with Crippen LogP contribution in [0.25, 0.3) is 11.1 Å². The summed E-state index contributed by atoms with van der Waals surface area (Å²) in [4.78, 5) is 20.0. The summed E-state index contributed by atoms with van der Waals surface area (Å²) in [6.07, 6.45) is 4.37. The van der Waals surface area contributed by atoms with Crippen molar-refractivity contribution in [2.75, 3.05) is 11.4 Å². The number of rotatable bonds is 3. The second kappa shape index (κ2) is 6.81. The first kappa shape index (κ1) is 18.6. The SMILES string of the molecule is CC1(C)CN(C(=O)c2ccc(C3CC3)cc2)c2cc(-c3ccc(C#N)cc3)cnc21. The summed E-state index contributed by atoms with van der Waals surface area (Å²) in [5.74, 6) is 0.697. The molecular weight excluding hydrogens is 370 g/mol. The Kier molecular flexibility index (Phi) is 4.22. The highest BCUT2D eigenvalue weighted by molar-refractivity contribution is 6.07. The predicted molar refractivity (Wildman–Crippen MR) is 118 cm³/mol. The minimum Gasteiger partial charge on any atom is -0.306 e. The fraction of sp³-hybridized carbons (Fsp3) is 0.269. The lowest BCUT2D eigenvalue weighted by atomic mass is 9.91. The highest BCUT2D eigenvalue weighted by Crippen LogP contribution is 2.42. The Balaban J connectivity index is 1.50. The Hall–Kier alpha value is -3.45. The third-order valence-corrected chi connectivity index (χ3v) is 6.15. The van der Waals surface area contributed by atoms with Gasteiger partial charge in [-0.1, -0.05) is 38.1 Å². The number of pyridine rings is 1. The van der Waals surface area contributed by atoms with Gasteiger partial charge in [0.15, 0.2) is 0 Å². The summed E-state index contributed by atoms with van der Waals surface area (Å²) in [5, 5.41) is 9.03. The molecule has 30 heavy (non-hydrogen) atoms. The first-order valence-corrected chi connectivity index (χ1v) is 10.4. The Labute approximate surface area is 176 Å². The molecule has 0 unspecified atom stereocenters. The van der Waals surface area contributed by atoms with Gasteiger partial charge in [0.2, 0.25) is 0 Å². The maximum atomic E-state index is 13.4. The van der Waals surface area contributed by atoms with E-state index in [-0.39, 0.29) is 11.3 Å². The summed E-state index contributed by atoms with van der Waals surface area (Å²) >= 11 is 0. The lowest BCUT2D eigenvalue weighted by Gasteiger charge is -2.20. The molecule has 2 aromatic carbocycles. The number of aromatic nitrogens is 1. The van der Waals surface area contributed by atoms with Crippen LogP contribution in [0.5, 0.6) is 0 Å². The van der Waals surface area contributed by atoms with Crippen molar-refractivity contribution in [2.24, 2.45) is 0 Å². The van der Waals surface area contributed by atoms with Crippen LogP contribution in [-0.2, 0) is 5.41 Å². The van der Waals surface area contributed by atoms with Crippen LogP contribution in [0.4, 0.5) is 5.69 Å². The van der Waals surface area contributed by atoms with E-state index in [0.29, 0.717) is 23.6 Å². The molecule has 5 rings (SSSR count). The van der Waals surface area contributed by atoms with Crippen molar-refractivity contribution in [1.29, 1.82) is 5.26 Å². The van der Waals surface area contributed by atoms with Crippen LogP contribution in [0, 0.1) is 11.3 Å². The molecule has 0 spiro atoms. The molecule has 3 aromatic rings. The van der Waals surface area contributed by atoms with E-state index >= 15 is 0 Å². The standard InChI is InChI=1S/C26H23N3O/c1-26(2)16-29(25(30)21-11-9-19(10-12-21)18-7-8-18)23-13-22(15-28-24(23)26)20-5-3-17(14-27)4-6-20/h3-6,9-13,15,18H,7-8,16H2,1-2H3. The lowest BCUT2D eigenvalue weighted by Crippen LogP contribution is -2.34. The van der Waals surface area contributed by atoms with Crippen molar-refractivity contribution in [3.05, 3.63) is 83.2 Å². The van der Waals surface area contributed by atoms with Gasteiger partial charge in [-0.3, -0.25) is 9.78 Å². The third-order valence-electron chi connectivity index (χ3n) is 6.15. The van der Waals surface area contributed by atoms with Crippen molar-refractivity contribution in [3.8, 4) is 17.2 Å². The number of hydrogen-bond donors (Lipinski definition) is 0. The Morgan fingerprint density at radius 2 is 1.77 bits per heavy atom. The molecular formula is C26H23N3O. The van der Waals surface area contributed by atoms with Crippen LogP contribution in [-0.4, -0.2) is 17.4 Å². The molecule has 0 atom stereocenters. The number of amides is 1. The fourth-order valence-corrected chi connectivity index (χ4v) is 4.28. The second-order valence-corrected chi connectivity index (χ2v) is 8.95. The van der Waals surface area contributed by atoms with Gasteiger partial charge in [0.25, 0.3) is 5.91 Å². The first-order valence-electron chi connectivity index (χ1n) is 10.4. The van der Waals surface area contributed by atoms with Gasteiger partial charge in [-0.05, 0) is 60.2 Å². The molecule has 4 nitrogen and oxygen atoms in total. The van der Waals surface area contributed by atoms with Gasteiger partial charge in [0.1, 0.15) is 0 Å². The summed E-state index contributed by atoms with van der Waals surface area (Å²) in [6.45, 7) is 4.86. The molecule has 0 radical (unpaired) electrons. The molecule has 0 N–H and O–H groups in total. The maximum absolute atomic E-state index is 13.4. The average Bonchev–Trinajstić information content (AvgIpc) is 3.58. The highest BCUT2D eigenvalue weighted by Gasteiger charge is 2.40. The summed E-state index contributed by atoms with van der Waals surface area (Å²) in [7, 11) is 0. The molecule has 1 saturated carbocycles. The molecule has 0 bridgehead atoms. The van der Waals surface area contributed by atoms with Crippen molar-refractivity contribution >= 4 is 11.6 Å². The number of nitrogens with zero attached hydrogens (tertiary/aromatic N) is 3. The zero-order valence-corrected chi connectivity index (χ0v) is 17.2. The van der Waals surface area contributed by atoms with Gasteiger partial charge in [-0.25, -0.2) is 0 Å². The number of carbonyl (C=O) groups is 1. The quantitative estimate of drug-likeness (QED) is 0.596. The molecule has 4 heteroatoms. The van der Waals surface area contributed by atoms with E-state index in [4.69, 9.17) is 10.2 Å². The lowest BCUT2D eigenvalue weighted by molar-refractivity contribution is 0.0986. The molecule has 1 aliphatic heterocycles. The molecule has 1 aliphatic carbocycles. The molecule has 0 saturated heterocycles. The van der Waals surface area contributed by atoms with Crippen LogP contribution >= 0.6 is 0 Å². The number of carbonyl (C=O) groups excluding carboxylic acids is 1. The van der Waals surface area contributed by atoms with Crippen LogP contribution in [0.15, 0.2) is 60.8 Å². The fourth-order valence-electron chi connectivity index (χ4n) is 4.28. The van der Waals surface area contributed by atoms with E-state index in [9.17, 15) is 4.79 Å². The minimum atomic E-state index is -0.206. The minimum absolute atomic E-state index is 0.0166. The number of anilines is 1.